The van der Waals surface area contributed by atoms with Crippen LogP contribution in [-0.2, 0) is 35.2 Å². The fraction of sp³-hybridized carbons (Fsp3) is 0.320. The number of carboxylic acid groups (broad SMARTS) is 1. The first kappa shape index (κ1) is 30.4. The van der Waals surface area contributed by atoms with Crippen molar-refractivity contribution in [2.45, 2.75) is 39.0 Å². The number of rotatable bonds is 12. The number of benzene rings is 2. The van der Waals surface area contributed by atoms with E-state index in [0.29, 0.717) is 0 Å². The van der Waals surface area contributed by atoms with Gasteiger partial charge in [0.05, 0.1) is 22.0 Å². The zero-order valence-corrected chi connectivity index (χ0v) is 22.0. The molecule has 0 spiro atoms. The number of amides is 2. The van der Waals surface area contributed by atoms with E-state index in [1.807, 2.05) is 0 Å². The van der Waals surface area contributed by atoms with Gasteiger partial charge in [0.2, 0.25) is 12.7 Å². The normalized spacial score (nSPS) is 12.1. The molecule has 2 aromatic rings. The summed E-state index contributed by atoms with van der Waals surface area (Å²) in [7, 11) is 0. The highest BCUT2D eigenvalue weighted by molar-refractivity contribution is 6.39. The fourth-order valence-electron chi connectivity index (χ4n) is 3.06. The molecule has 0 saturated heterocycles. The van der Waals surface area contributed by atoms with Gasteiger partial charge in [-0.3, -0.25) is 9.59 Å². The Hall–Kier alpha value is -3.83. The van der Waals surface area contributed by atoms with Gasteiger partial charge in [0, 0.05) is 0 Å². The van der Waals surface area contributed by atoms with E-state index in [-0.39, 0.29) is 22.2 Å². The number of carbonyl (C=O) groups excluding carboxylic acids is 4. The highest BCUT2D eigenvalue weighted by Gasteiger charge is 2.31. The SMILES string of the molecule is CC(C)[C@H](NC(=O)OCc1ccccc1)C(=O)N[C@@H](CC(=O)O)C(=O)OCOC(=O)c1c(Cl)cccc1Cl. The van der Waals surface area contributed by atoms with E-state index in [4.69, 9.17) is 37.4 Å². The number of hydrogen-bond acceptors (Lipinski definition) is 8. The van der Waals surface area contributed by atoms with Crippen LogP contribution >= 0.6 is 23.2 Å². The van der Waals surface area contributed by atoms with Gasteiger partial charge in [-0.2, -0.15) is 0 Å². The molecule has 0 aromatic heterocycles. The van der Waals surface area contributed by atoms with Gasteiger partial charge in [-0.1, -0.05) is 73.4 Å². The number of alkyl carbamates (subject to hydrolysis) is 1. The van der Waals surface area contributed by atoms with Gasteiger partial charge in [0.1, 0.15) is 18.7 Å². The number of carboxylic acids is 1. The summed E-state index contributed by atoms with van der Waals surface area (Å²) in [4.78, 5) is 61.0. The van der Waals surface area contributed by atoms with Crippen molar-refractivity contribution < 1.29 is 43.3 Å². The van der Waals surface area contributed by atoms with Gasteiger partial charge in [-0.25, -0.2) is 14.4 Å². The molecule has 0 aliphatic heterocycles. The highest BCUT2D eigenvalue weighted by Crippen LogP contribution is 2.24. The Morgan fingerprint density at radius 2 is 1.50 bits per heavy atom. The molecule has 2 atom stereocenters. The van der Waals surface area contributed by atoms with Crippen LogP contribution in [0.5, 0.6) is 0 Å². The Labute approximate surface area is 228 Å². The predicted octanol–water partition coefficient (Wildman–Crippen LogP) is 3.56. The number of carbonyl (C=O) groups is 5. The zero-order valence-electron chi connectivity index (χ0n) is 20.4. The molecule has 3 N–H and O–H groups in total. The lowest BCUT2D eigenvalue weighted by Crippen LogP contribution is -2.54. The molecule has 0 aliphatic carbocycles. The van der Waals surface area contributed by atoms with E-state index in [9.17, 15) is 29.1 Å². The molecule has 0 unspecified atom stereocenters. The van der Waals surface area contributed by atoms with Crippen LogP contribution in [0.4, 0.5) is 4.79 Å². The molecule has 0 fully saturated rings. The Balaban J connectivity index is 1.96. The first-order valence-corrected chi connectivity index (χ1v) is 12.0. The molecule has 2 amide bonds. The fourth-order valence-corrected chi connectivity index (χ4v) is 3.61. The number of ether oxygens (including phenoxy) is 3. The molecule has 13 heteroatoms. The summed E-state index contributed by atoms with van der Waals surface area (Å²) >= 11 is 11.9. The summed E-state index contributed by atoms with van der Waals surface area (Å²) < 4.78 is 14.8. The topological polar surface area (TPSA) is 157 Å². The van der Waals surface area contributed by atoms with Gasteiger partial charge in [0.15, 0.2) is 0 Å². The number of halogens is 2. The maximum absolute atomic E-state index is 12.8. The first-order valence-electron chi connectivity index (χ1n) is 11.3. The maximum Gasteiger partial charge on any atom is 0.408 e. The molecule has 0 aliphatic rings. The van der Waals surface area contributed by atoms with E-state index in [2.05, 4.69) is 10.6 Å². The van der Waals surface area contributed by atoms with Crippen LogP contribution in [0.15, 0.2) is 48.5 Å². The molecule has 0 bridgehead atoms. The van der Waals surface area contributed by atoms with Crippen molar-refractivity contribution in [3.8, 4) is 0 Å². The minimum atomic E-state index is -1.65. The standard InChI is InChI=1S/C25H26Cl2N2O9/c1-14(2)21(29-25(35)36-12-15-7-4-3-5-8-15)22(32)28-18(11-19(30)31)23(33)37-13-38-24(34)20-16(26)9-6-10-17(20)27/h3-10,14,18,21H,11-13H2,1-2H3,(H,28,32)(H,29,35)(H,30,31)/t18-,21-/m0/s1. The zero-order chi connectivity index (χ0) is 28.2. The van der Waals surface area contributed by atoms with E-state index in [1.165, 1.54) is 18.2 Å². The molecule has 204 valence electrons. The number of esters is 2. The summed E-state index contributed by atoms with van der Waals surface area (Å²) in [5.74, 6) is -4.89. The lowest BCUT2D eigenvalue weighted by atomic mass is 10.0. The second kappa shape index (κ2) is 14.8. The van der Waals surface area contributed by atoms with Crippen LogP contribution in [0.1, 0.15) is 36.2 Å². The van der Waals surface area contributed by atoms with Crippen molar-refractivity contribution in [3.05, 3.63) is 69.7 Å². The summed E-state index contributed by atoms with van der Waals surface area (Å²) in [5, 5.41) is 13.9. The molecule has 2 aromatic carbocycles. The van der Waals surface area contributed by atoms with Gasteiger partial charge < -0.3 is 30.0 Å². The largest absolute Gasteiger partial charge is 0.481 e. The summed E-state index contributed by atoms with van der Waals surface area (Å²) in [6.45, 7) is 2.32. The molecule has 11 nitrogen and oxygen atoms in total. The highest BCUT2D eigenvalue weighted by atomic mass is 35.5. The van der Waals surface area contributed by atoms with Crippen LogP contribution < -0.4 is 10.6 Å². The molecule has 2 rings (SSSR count). The molecule has 0 heterocycles. The van der Waals surface area contributed by atoms with Crippen molar-refractivity contribution in [1.82, 2.24) is 10.6 Å². The van der Waals surface area contributed by atoms with Crippen LogP contribution in [0.3, 0.4) is 0 Å². The predicted molar refractivity (Wildman–Crippen MR) is 135 cm³/mol. The quantitative estimate of drug-likeness (QED) is 0.257. The first-order chi connectivity index (χ1) is 18.0. The number of hydrogen-bond donors (Lipinski definition) is 3. The second-order valence-corrected chi connectivity index (χ2v) is 9.01. The second-order valence-electron chi connectivity index (χ2n) is 8.20. The molecule has 0 saturated carbocycles. The average molecular weight is 569 g/mol. The van der Waals surface area contributed by atoms with E-state index < -0.39 is 61.1 Å². The monoisotopic (exact) mass is 568 g/mol. The third-order valence-corrected chi connectivity index (χ3v) is 5.60. The molecule has 0 radical (unpaired) electrons. The van der Waals surface area contributed by atoms with E-state index >= 15 is 0 Å². The summed E-state index contributed by atoms with van der Waals surface area (Å²) in [6, 6.07) is 10.4. The Kier molecular flexibility index (Phi) is 11.8. The minimum absolute atomic E-state index is 0.0133. The van der Waals surface area contributed by atoms with E-state index in [1.54, 1.807) is 44.2 Å². The molecular weight excluding hydrogens is 543 g/mol. The number of aliphatic carboxylic acids is 1. The maximum atomic E-state index is 12.8. The van der Waals surface area contributed by atoms with Crippen molar-refractivity contribution in [2.24, 2.45) is 5.92 Å². The van der Waals surface area contributed by atoms with Gasteiger partial charge in [-0.05, 0) is 23.6 Å². The van der Waals surface area contributed by atoms with Crippen LogP contribution in [0.25, 0.3) is 0 Å². The average Bonchev–Trinajstić information content (AvgIpc) is 2.85. The summed E-state index contributed by atoms with van der Waals surface area (Å²) in [5.41, 5.74) is 0.585. The summed E-state index contributed by atoms with van der Waals surface area (Å²) in [6.07, 6.45) is -1.72. The van der Waals surface area contributed by atoms with Gasteiger partial charge in [0.25, 0.3) is 0 Å². The Morgan fingerprint density at radius 3 is 2.08 bits per heavy atom. The Morgan fingerprint density at radius 1 is 0.868 bits per heavy atom. The lowest BCUT2D eigenvalue weighted by molar-refractivity contribution is -0.158. The van der Waals surface area contributed by atoms with Crippen LogP contribution in [0, 0.1) is 5.92 Å². The van der Waals surface area contributed by atoms with E-state index in [0.717, 1.165) is 5.56 Å². The molecular formula is C25H26Cl2N2O9. The van der Waals surface area contributed by atoms with Gasteiger partial charge in [-0.15, -0.1) is 0 Å². The Bertz CT molecular complexity index is 1140. The van der Waals surface area contributed by atoms with Crippen LogP contribution in [-0.4, -0.2) is 53.9 Å². The van der Waals surface area contributed by atoms with Crippen molar-refractivity contribution in [3.63, 3.8) is 0 Å². The molecule has 38 heavy (non-hydrogen) atoms. The smallest absolute Gasteiger partial charge is 0.408 e. The van der Waals surface area contributed by atoms with Crippen molar-refractivity contribution in [2.75, 3.05) is 6.79 Å². The van der Waals surface area contributed by atoms with Gasteiger partial charge >= 0.3 is 24.0 Å². The van der Waals surface area contributed by atoms with Crippen LogP contribution in [0.2, 0.25) is 10.0 Å². The number of nitrogens with one attached hydrogen (secondary N) is 2. The van der Waals surface area contributed by atoms with Crippen molar-refractivity contribution in [1.29, 1.82) is 0 Å². The third-order valence-electron chi connectivity index (χ3n) is 4.97. The minimum Gasteiger partial charge on any atom is -0.481 e. The lowest BCUT2D eigenvalue weighted by Gasteiger charge is -2.24. The van der Waals surface area contributed by atoms with Crippen molar-refractivity contribution >= 4 is 53.1 Å². The third kappa shape index (κ3) is 9.56.